The summed E-state index contributed by atoms with van der Waals surface area (Å²) < 4.78 is 2.04. The largest absolute Gasteiger partial charge is 0.355 e. The predicted octanol–water partition coefficient (Wildman–Crippen LogP) is 1.97. The minimum absolute atomic E-state index is 0. The average molecular weight is 503 g/mol. The Labute approximate surface area is 185 Å². The maximum Gasteiger partial charge on any atom is 0.222 e. The Hall–Kier alpha value is -1.65. The Morgan fingerprint density at radius 3 is 2.96 bits per heavy atom. The van der Waals surface area contributed by atoms with E-state index in [1.54, 1.807) is 6.33 Å². The summed E-state index contributed by atoms with van der Waals surface area (Å²) in [5.74, 6) is 2.04. The third-order valence-electron chi connectivity index (χ3n) is 4.60. The fraction of sp³-hybridized carbons (Fsp3) is 0.684. The number of halogens is 1. The third-order valence-corrected chi connectivity index (χ3v) is 4.60. The molecule has 0 atom stereocenters. The van der Waals surface area contributed by atoms with E-state index in [1.165, 1.54) is 0 Å². The van der Waals surface area contributed by atoms with Gasteiger partial charge in [-0.1, -0.05) is 19.4 Å². The highest BCUT2D eigenvalue weighted by Crippen LogP contribution is 2.11. The molecule has 1 amide bonds. The number of aromatic nitrogens is 3. The SMILES string of the molecule is C=CCNC(=NCCCN1CCCCCC1=O)NCCn1cnnc1CC.I. The number of hydrogen-bond acceptors (Lipinski definition) is 4. The lowest BCUT2D eigenvalue weighted by Crippen LogP contribution is -2.39. The molecule has 2 heterocycles. The summed E-state index contributed by atoms with van der Waals surface area (Å²) in [7, 11) is 0. The first-order chi connectivity index (χ1) is 13.2. The fourth-order valence-electron chi connectivity index (χ4n) is 3.10. The minimum Gasteiger partial charge on any atom is -0.355 e. The first-order valence-corrected chi connectivity index (χ1v) is 10.0. The molecule has 8 nitrogen and oxygen atoms in total. The molecule has 0 aliphatic carbocycles. The zero-order valence-electron chi connectivity index (χ0n) is 16.9. The van der Waals surface area contributed by atoms with Crippen molar-refractivity contribution in [3.05, 3.63) is 24.8 Å². The average Bonchev–Trinajstić information content (AvgIpc) is 3.04. The Bertz CT molecular complexity index is 617. The van der Waals surface area contributed by atoms with Crippen molar-refractivity contribution in [2.75, 3.05) is 32.7 Å². The van der Waals surface area contributed by atoms with E-state index in [0.717, 1.165) is 70.1 Å². The lowest BCUT2D eigenvalue weighted by Gasteiger charge is -2.20. The molecule has 0 radical (unpaired) electrons. The van der Waals surface area contributed by atoms with Crippen LogP contribution in [0.4, 0.5) is 0 Å². The summed E-state index contributed by atoms with van der Waals surface area (Å²) in [6.45, 7) is 10.4. The normalized spacial score (nSPS) is 15.0. The van der Waals surface area contributed by atoms with Gasteiger partial charge in [0.1, 0.15) is 12.2 Å². The number of aryl methyl sites for hydroxylation is 1. The molecule has 1 aromatic heterocycles. The van der Waals surface area contributed by atoms with Crippen molar-refractivity contribution in [3.8, 4) is 0 Å². The van der Waals surface area contributed by atoms with Crippen molar-refractivity contribution in [1.82, 2.24) is 30.3 Å². The van der Waals surface area contributed by atoms with Gasteiger partial charge in [0.2, 0.25) is 5.91 Å². The summed E-state index contributed by atoms with van der Waals surface area (Å²) in [6, 6.07) is 0. The van der Waals surface area contributed by atoms with Gasteiger partial charge in [-0.2, -0.15) is 0 Å². The predicted molar refractivity (Wildman–Crippen MR) is 123 cm³/mol. The van der Waals surface area contributed by atoms with Crippen molar-refractivity contribution in [2.24, 2.45) is 4.99 Å². The maximum atomic E-state index is 12.0. The van der Waals surface area contributed by atoms with Crippen molar-refractivity contribution in [1.29, 1.82) is 0 Å². The monoisotopic (exact) mass is 503 g/mol. The molecule has 2 N–H and O–H groups in total. The van der Waals surface area contributed by atoms with Gasteiger partial charge in [-0.15, -0.1) is 40.8 Å². The van der Waals surface area contributed by atoms with E-state index < -0.39 is 0 Å². The maximum absolute atomic E-state index is 12.0. The van der Waals surface area contributed by atoms with Crippen molar-refractivity contribution in [2.45, 2.75) is 52.0 Å². The van der Waals surface area contributed by atoms with Crippen LogP contribution in [0, 0.1) is 0 Å². The van der Waals surface area contributed by atoms with E-state index in [4.69, 9.17) is 0 Å². The van der Waals surface area contributed by atoms with Gasteiger partial charge in [0.25, 0.3) is 0 Å². The van der Waals surface area contributed by atoms with Crippen LogP contribution in [0.1, 0.15) is 44.9 Å². The van der Waals surface area contributed by atoms with E-state index >= 15 is 0 Å². The van der Waals surface area contributed by atoms with Crippen LogP contribution < -0.4 is 10.6 Å². The van der Waals surface area contributed by atoms with Crippen LogP contribution >= 0.6 is 24.0 Å². The highest BCUT2D eigenvalue weighted by atomic mass is 127. The quantitative estimate of drug-likeness (QED) is 0.168. The van der Waals surface area contributed by atoms with Crippen LogP contribution in [-0.4, -0.2) is 64.3 Å². The number of aliphatic imine (C=N–C) groups is 1. The molecule has 1 fully saturated rings. The van der Waals surface area contributed by atoms with Gasteiger partial charge in [0.05, 0.1) is 0 Å². The molecule has 0 bridgehead atoms. The van der Waals surface area contributed by atoms with Crippen molar-refractivity contribution >= 4 is 35.8 Å². The number of guanidine groups is 1. The van der Waals surface area contributed by atoms with E-state index in [2.05, 4.69) is 39.3 Å². The van der Waals surface area contributed by atoms with Gasteiger partial charge in [-0.25, -0.2) is 0 Å². The molecule has 28 heavy (non-hydrogen) atoms. The Kier molecular flexibility index (Phi) is 12.5. The summed E-state index contributed by atoms with van der Waals surface area (Å²) in [4.78, 5) is 18.6. The molecule has 1 aliphatic rings. The molecule has 1 aromatic rings. The van der Waals surface area contributed by atoms with Crippen LogP contribution in [0.25, 0.3) is 0 Å². The van der Waals surface area contributed by atoms with E-state index in [1.807, 2.05) is 15.5 Å². The number of nitrogens with one attached hydrogen (secondary N) is 2. The van der Waals surface area contributed by atoms with Gasteiger partial charge < -0.3 is 20.1 Å². The van der Waals surface area contributed by atoms with Gasteiger partial charge >= 0.3 is 0 Å². The zero-order chi connectivity index (χ0) is 19.3. The smallest absolute Gasteiger partial charge is 0.222 e. The van der Waals surface area contributed by atoms with Gasteiger partial charge in [-0.05, 0) is 19.3 Å². The Balaban J connectivity index is 0.00000392. The second-order valence-electron chi connectivity index (χ2n) is 6.67. The summed E-state index contributed by atoms with van der Waals surface area (Å²) >= 11 is 0. The molecule has 0 aromatic carbocycles. The lowest BCUT2D eigenvalue weighted by molar-refractivity contribution is -0.130. The number of likely N-dealkylation sites (tertiary alicyclic amines) is 1. The molecule has 0 spiro atoms. The van der Waals surface area contributed by atoms with E-state index in [9.17, 15) is 4.79 Å². The standard InChI is InChI=1S/C19H33N7O.HI/c1-3-10-20-19(22-12-15-26-16-23-24-17(26)4-2)21-11-8-14-25-13-7-5-6-9-18(25)27;/h3,16H,1,4-15H2,2H3,(H2,20,21,22);1H. The highest BCUT2D eigenvalue weighted by Gasteiger charge is 2.15. The Morgan fingerprint density at radius 1 is 1.32 bits per heavy atom. The molecule has 2 rings (SSSR count). The minimum atomic E-state index is 0. The first kappa shape index (κ1) is 24.4. The number of hydrogen-bond donors (Lipinski definition) is 2. The molecule has 158 valence electrons. The topological polar surface area (TPSA) is 87.4 Å². The van der Waals surface area contributed by atoms with E-state index in [0.29, 0.717) is 25.4 Å². The van der Waals surface area contributed by atoms with Gasteiger partial charge in [0.15, 0.2) is 5.96 Å². The van der Waals surface area contributed by atoms with E-state index in [-0.39, 0.29) is 24.0 Å². The van der Waals surface area contributed by atoms with Crippen LogP contribution in [0.15, 0.2) is 24.0 Å². The van der Waals surface area contributed by atoms with Crippen LogP contribution in [0.3, 0.4) is 0 Å². The third kappa shape index (κ3) is 8.57. The molecule has 1 aliphatic heterocycles. The lowest BCUT2D eigenvalue weighted by atomic mass is 10.2. The number of carbonyl (C=O) groups is 1. The second-order valence-corrected chi connectivity index (χ2v) is 6.67. The molecule has 1 saturated heterocycles. The fourth-order valence-corrected chi connectivity index (χ4v) is 3.10. The zero-order valence-corrected chi connectivity index (χ0v) is 19.2. The number of amides is 1. The molecule has 0 unspecified atom stereocenters. The van der Waals surface area contributed by atoms with Crippen LogP contribution in [-0.2, 0) is 17.8 Å². The number of rotatable bonds is 10. The molecule has 0 saturated carbocycles. The molecular formula is C19H34IN7O. The van der Waals surface area contributed by atoms with Crippen LogP contribution in [0.5, 0.6) is 0 Å². The molecule has 9 heteroatoms. The van der Waals surface area contributed by atoms with Crippen molar-refractivity contribution in [3.63, 3.8) is 0 Å². The highest BCUT2D eigenvalue weighted by molar-refractivity contribution is 14.0. The summed E-state index contributed by atoms with van der Waals surface area (Å²) in [6.07, 6.45) is 9.30. The number of nitrogens with zero attached hydrogens (tertiary/aromatic N) is 5. The van der Waals surface area contributed by atoms with Gasteiger partial charge in [0, 0.05) is 52.1 Å². The summed E-state index contributed by atoms with van der Waals surface area (Å²) in [5, 5.41) is 14.6. The van der Waals surface area contributed by atoms with Crippen LogP contribution in [0.2, 0.25) is 0 Å². The van der Waals surface area contributed by atoms with Crippen molar-refractivity contribution < 1.29 is 4.79 Å². The van der Waals surface area contributed by atoms with Gasteiger partial charge in [-0.3, -0.25) is 9.79 Å². The summed E-state index contributed by atoms with van der Waals surface area (Å²) in [5.41, 5.74) is 0. The Morgan fingerprint density at radius 2 is 2.18 bits per heavy atom. The number of carbonyl (C=O) groups excluding carboxylic acids is 1. The first-order valence-electron chi connectivity index (χ1n) is 10.0. The molecular weight excluding hydrogens is 469 g/mol. The second kappa shape index (κ2) is 14.4.